The standard InChI is InChI=1S/C21H30N2O4/c1-13(2)7-8-14(3)22-21(24)17-9-10-19(20(11-17)25-6)26-12-18-15(4)23-27-16(18)5/h9-11,13-14H,7-8,12H2,1-6H3,(H,22,24). The Labute approximate surface area is 161 Å². The van der Waals surface area contributed by atoms with E-state index in [2.05, 4.69) is 24.3 Å². The number of ether oxygens (including phenoxy) is 2. The Morgan fingerprint density at radius 2 is 1.93 bits per heavy atom. The zero-order valence-electron chi connectivity index (χ0n) is 17.1. The van der Waals surface area contributed by atoms with Crippen molar-refractivity contribution in [1.82, 2.24) is 10.5 Å². The van der Waals surface area contributed by atoms with Gasteiger partial charge in [-0.3, -0.25) is 4.79 Å². The summed E-state index contributed by atoms with van der Waals surface area (Å²) < 4.78 is 16.4. The van der Waals surface area contributed by atoms with E-state index in [1.54, 1.807) is 25.3 Å². The lowest BCUT2D eigenvalue weighted by molar-refractivity contribution is 0.0936. The first-order valence-corrected chi connectivity index (χ1v) is 9.35. The van der Waals surface area contributed by atoms with Crippen LogP contribution in [-0.4, -0.2) is 24.2 Å². The second-order valence-corrected chi connectivity index (χ2v) is 7.30. The molecule has 0 aliphatic rings. The highest BCUT2D eigenvalue weighted by Gasteiger charge is 2.15. The van der Waals surface area contributed by atoms with Crippen LogP contribution in [0.4, 0.5) is 0 Å². The van der Waals surface area contributed by atoms with Crippen LogP contribution in [-0.2, 0) is 6.61 Å². The fourth-order valence-corrected chi connectivity index (χ4v) is 2.75. The number of methoxy groups -OCH3 is 1. The van der Waals surface area contributed by atoms with Crippen LogP contribution in [0.3, 0.4) is 0 Å². The van der Waals surface area contributed by atoms with E-state index < -0.39 is 0 Å². The highest BCUT2D eigenvalue weighted by molar-refractivity contribution is 5.95. The van der Waals surface area contributed by atoms with Gasteiger partial charge in [-0.2, -0.15) is 0 Å². The van der Waals surface area contributed by atoms with Gasteiger partial charge in [0.1, 0.15) is 12.4 Å². The van der Waals surface area contributed by atoms with E-state index in [1.807, 2.05) is 20.8 Å². The van der Waals surface area contributed by atoms with Crippen molar-refractivity contribution < 1.29 is 18.8 Å². The molecule has 6 nitrogen and oxygen atoms in total. The first kappa shape index (κ1) is 20.8. The van der Waals surface area contributed by atoms with Gasteiger partial charge in [-0.25, -0.2) is 0 Å². The van der Waals surface area contributed by atoms with E-state index in [4.69, 9.17) is 14.0 Å². The van der Waals surface area contributed by atoms with Crippen LogP contribution in [0.15, 0.2) is 22.7 Å². The number of aromatic nitrogens is 1. The molecule has 1 aromatic carbocycles. The molecule has 6 heteroatoms. The second kappa shape index (κ2) is 9.44. The van der Waals surface area contributed by atoms with Gasteiger partial charge in [-0.05, 0) is 57.7 Å². The third kappa shape index (κ3) is 5.74. The van der Waals surface area contributed by atoms with Gasteiger partial charge in [0.05, 0.1) is 18.4 Å². The number of hydrogen-bond donors (Lipinski definition) is 1. The molecule has 0 bridgehead atoms. The first-order chi connectivity index (χ1) is 12.8. The number of carbonyl (C=O) groups excluding carboxylic acids is 1. The lowest BCUT2D eigenvalue weighted by Gasteiger charge is -2.16. The van der Waals surface area contributed by atoms with Crippen LogP contribution in [0.2, 0.25) is 0 Å². The maximum Gasteiger partial charge on any atom is 0.251 e. The SMILES string of the molecule is COc1cc(C(=O)NC(C)CCC(C)C)ccc1OCc1c(C)noc1C. The van der Waals surface area contributed by atoms with Crippen LogP contribution in [0.5, 0.6) is 11.5 Å². The van der Waals surface area contributed by atoms with E-state index in [0.717, 1.165) is 29.9 Å². The number of nitrogens with one attached hydrogen (secondary N) is 1. The van der Waals surface area contributed by atoms with Crippen LogP contribution < -0.4 is 14.8 Å². The second-order valence-electron chi connectivity index (χ2n) is 7.30. The van der Waals surface area contributed by atoms with Crippen molar-refractivity contribution in [3.05, 3.63) is 40.8 Å². The lowest BCUT2D eigenvalue weighted by atomic mass is 10.0. The summed E-state index contributed by atoms with van der Waals surface area (Å²) in [5, 5.41) is 6.96. The van der Waals surface area contributed by atoms with E-state index in [1.165, 1.54) is 0 Å². The monoisotopic (exact) mass is 374 g/mol. The molecule has 27 heavy (non-hydrogen) atoms. The van der Waals surface area contributed by atoms with Gasteiger partial charge in [-0.1, -0.05) is 19.0 Å². The molecule has 0 spiro atoms. The molecule has 2 aromatic rings. The zero-order chi connectivity index (χ0) is 20.0. The van der Waals surface area contributed by atoms with Crippen molar-refractivity contribution in [1.29, 1.82) is 0 Å². The van der Waals surface area contributed by atoms with Crippen LogP contribution in [0.1, 0.15) is 61.0 Å². The van der Waals surface area contributed by atoms with E-state index >= 15 is 0 Å². The van der Waals surface area contributed by atoms with Crippen LogP contribution in [0.25, 0.3) is 0 Å². The minimum atomic E-state index is -0.109. The minimum absolute atomic E-state index is 0.109. The summed E-state index contributed by atoms with van der Waals surface area (Å²) in [6.45, 7) is 10.4. The quantitative estimate of drug-likeness (QED) is 0.703. The molecule has 0 aliphatic heterocycles. The Morgan fingerprint density at radius 1 is 1.19 bits per heavy atom. The molecule has 1 atom stereocenters. The van der Waals surface area contributed by atoms with Gasteiger partial charge in [0.2, 0.25) is 0 Å². The van der Waals surface area contributed by atoms with Crippen molar-refractivity contribution in [2.24, 2.45) is 5.92 Å². The van der Waals surface area contributed by atoms with Gasteiger partial charge < -0.3 is 19.3 Å². The first-order valence-electron chi connectivity index (χ1n) is 9.35. The summed E-state index contributed by atoms with van der Waals surface area (Å²) in [5.74, 6) is 2.34. The van der Waals surface area contributed by atoms with Crippen molar-refractivity contribution in [3.8, 4) is 11.5 Å². The molecule has 2 rings (SSSR count). The van der Waals surface area contributed by atoms with Gasteiger partial charge in [0, 0.05) is 11.6 Å². The average Bonchev–Trinajstić information content (AvgIpc) is 2.96. The summed E-state index contributed by atoms with van der Waals surface area (Å²) in [6, 6.07) is 5.33. The summed E-state index contributed by atoms with van der Waals surface area (Å²) in [5.41, 5.74) is 2.27. The Hall–Kier alpha value is -2.50. The minimum Gasteiger partial charge on any atom is -0.493 e. The predicted molar refractivity (Wildman–Crippen MR) is 104 cm³/mol. The summed E-state index contributed by atoms with van der Waals surface area (Å²) in [4.78, 5) is 12.5. The largest absolute Gasteiger partial charge is 0.493 e. The van der Waals surface area contributed by atoms with Crippen molar-refractivity contribution >= 4 is 5.91 Å². The molecule has 1 amide bonds. The van der Waals surface area contributed by atoms with Gasteiger partial charge >= 0.3 is 0 Å². The van der Waals surface area contributed by atoms with Gasteiger partial charge in [0.15, 0.2) is 11.5 Å². The van der Waals surface area contributed by atoms with Crippen LogP contribution in [0, 0.1) is 19.8 Å². The summed E-state index contributed by atoms with van der Waals surface area (Å²) in [7, 11) is 1.56. The van der Waals surface area contributed by atoms with Gasteiger partial charge in [-0.15, -0.1) is 0 Å². The number of hydrogen-bond acceptors (Lipinski definition) is 5. The number of amides is 1. The number of aryl methyl sites for hydroxylation is 2. The molecule has 0 saturated carbocycles. The van der Waals surface area contributed by atoms with Crippen molar-refractivity contribution in [2.45, 2.75) is 60.1 Å². The van der Waals surface area contributed by atoms with E-state index in [0.29, 0.717) is 29.6 Å². The molecule has 1 aromatic heterocycles. The molecule has 1 unspecified atom stereocenters. The number of nitrogens with zero attached hydrogens (tertiary/aromatic N) is 1. The maximum absolute atomic E-state index is 12.5. The average molecular weight is 374 g/mol. The molecular formula is C21H30N2O4. The van der Waals surface area contributed by atoms with E-state index in [-0.39, 0.29) is 11.9 Å². The highest BCUT2D eigenvalue weighted by Crippen LogP contribution is 2.29. The molecule has 148 valence electrons. The fraction of sp³-hybridized carbons (Fsp3) is 0.524. The number of benzene rings is 1. The molecule has 1 N–H and O–H groups in total. The smallest absolute Gasteiger partial charge is 0.251 e. The summed E-state index contributed by atoms with van der Waals surface area (Å²) >= 11 is 0. The lowest BCUT2D eigenvalue weighted by Crippen LogP contribution is -2.32. The molecule has 0 radical (unpaired) electrons. The topological polar surface area (TPSA) is 73.6 Å². The molecule has 1 heterocycles. The van der Waals surface area contributed by atoms with E-state index in [9.17, 15) is 4.79 Å². The molecular weight excluding hydrogens is 344 g/mol. The van der Waals surface area contributed by atoms with Crippen LogP contribution >= 0.6 is 0 Å². The third-order valence-corrected chi connectivity index (χ3v) is 4.53. The summed E-state index contributed by atoms with van der Waals surface area (Å²) in [6.07, 6.45) is 2.04. The number of carbonyl (C=O) groups is 1. The molecule has 0 aliphatic carbocycles. The van der Waals surface area contributed by atoms with Crippen molar-refractivity contribution in [3.63, 3.8) is 0 Å². The molecule has 0 fully saturated rings. The Balaban J connectivity index is 2.03. The fourth-order valence-electron chi connectivity index (χ4n) is 2.75. The Bertz CT molecular complexity index is 748. The molecule has 0 saturated heterocycles. The number of rotatable bonds is 9. The maximum atomic E-state index is 12.5. The Morgan fingerprint density at radius 3 is 2.52 bits per heavy atom. The zero-order valence-corrected chi connectivity index (χ0v) is 17.1. The highest BCUT2D eigenvalue weighted by atomic mass is 16.5. The predicted octanol–water partition coefficient (Wildman–Crippen LogP) is 4.43. The third-order valence-electron chi connectivity index (χ3n) is 4.53. The Kier molecular flexibility index (Phi) is 7.28. The van der Waals surface area contributed by atoms with Crippen molar-refractivity contribution in [2.75, 3.05) is 7.11 Å². The van der Waals surface area contributed by atoms with Gasteiger partial charge in [0.25, 0.3) is 5.91 Å². The normalized spacial score (nSPS) is 12.1.